The summed E-state index contributed by atoms with van der Waals surface area (Å²) in [6.07, 6.45) is 5.01. The highest BCUT2D eigenvalue weighted by Gasteiger charge is 2.23. The number of methoxy groups -OCH3 is 1. The number of nitrogens with two attached hydrogens (primary N) is 1. The van der Waals surface area contributed by atoms with Gasteiger partial charge in [0.1, 0.15) is 12.0 Å². The van der Waals surface area contributed by atoms with Crippen molar-refractivity contribution >= 4 is 34.0 Å². The number of nitrogens with zero attached hydrogens (tertiary/aromatic N) is 4. The number of guanidine groups is 1. The van der Waals surface area contributed by atoms with E-state index < -0.39 is 0 Å². The number of fused-ring (bicyclic) bond motifs is 1. The van der Waals surface area contributed by atoms with E-state index in [1.54, 1.807) is 20.4 Å². The lowest BCUT2D eigenvalue weighted by molar-refractivity contribution is 0.253. The first kappa shape index (κ1) is 28.0. The molecule has 1 saturated heterocycles. The monoisotopic (exact) mass is 529 g/mol. The Balaban J connectivity index is 0.00000353. The van der Waals surface area contributed by atoms with Crippen molar-refractivity contribution in [2.24, 2.45) is 10.7 Å². The number of aryl methyl sites for hydroxylation is 1. The van der Waals surface area contributed by atoms with Gasteiger partial charge in [0.05, 0.1) is 12.8 Å². The molecule has 4 N–H and O–H groups in total. The Morgan fingerprint density at radius 3 is 2.46 bits per heavy atom. The van der Waals surface area contributed by atoms with Crippen molar-refractivity contribution in [3.8, 4) is 5.75 Å². The van der Waals surface area contributed by atoms with E-state index >= 15 is 0 Å². The third-order valence-corrected chi connectivity index (χ3v) is 7.32. The molecule has 2 heterocycles. The molecule has 0 radical (unpaired) electrons. The van der Waals surface area contributed by atoms with E-state index in [-0.39, 0.29) is 5.48 Å². The summed E-state index contributed by atoms with van der Waals surface area (Å²) < 4.78 is 11.7. The molecule has 1 aromatic heterocycles. The molecule has 0 aliphatic carbocycles. The van der Waals surface area contributed by atoms with Gasteiger partial charge in [-0.05, 0) is 61.7 Å². The number of furan rings is 1. The number of hydrogen-bond acceptors (Lipinski definition) is 5. The molecule has 8 heteroatoms. The van der Waals surface area contributed by atoms with Crippen molar-refractivity contribution in [3.63, 3.8) is 0 Å². The minimum absolute atomic E-state index is 0. The highest BCUT2D eigenvalue weighted by atomic mass is 16.5. The predicted octanol–water partition coefficient (Wildman–Crippen LogP) is 4.84. The number of unbranched alkanes of at least 4 members (excludes halogenated alkanes) is 1. The lowest BCUT2D eigenvalue weighted by Gasteiger charge is -2.36. The van der Waals surface area contributed by atoms with Gasteiger partial charge in [-0.3, -0.25) is 9.89 Å². The van der Waals surface area contributed by atoms with Crippen molar-refractivity contribution < 1.29 is 14.6 Å². The van der Waals surface area contributed by atoms with Gasteiger partial charge < -0.3 is 25.3 Å². The summed E-state index contributed by atoms with van der Waals surface area (Å²) in [5.41, 5.74) is 9.79. The maximum absolute atomic E-state index is 6.41. The summed E-state index contributed by atoms with van der Waals surface area (Å²) in [6, 6.07) is 25.0. The van der Waals surface area contributed by atoms with Gasteiger partial charge in [-0.25, -0.2) is 4.90 Å². The smallest absolute Gasteiger partial charge is 0.214 e. The fourth-order valence-corrected chi connectivity index (χ4v) is 5.19. The summed E-state index contributed by atoms with van der Waals surface area (Å²) in [6.45, 7) is 5.53. The number of rotatable bonds is 9. The normalized spacial score (nSPS) is 14.3. The van der Waals surface area contributed by atoms with Crippen LogP contribution in [0.2, 0.25) is 0 Å². The van der Waals surface area contributed by atoms with Crippen LogP contribution in [0.15, 0.2) is 88.5 Å². The zero-order valence-corrected chi connectivity index (χ0v) is 22.8. The molecule has 0 atom stereocenters. The van der Waals surface area contributed by atoms with Crippen LogP contribution in [0.3, 0.4) is 0 Å². The van der Waals surface area contributed by atoms with E-state index in [0.717, 1.165) is 74.2 Å². The first-order valence-electron chi connectivity index (χ1n) is 13.4. The second-order valence-corrected chi connectivity index (χ2v) is 9.67. The molecule has 0 amide bonds. The van der Waals surface area contributed by atoms with E-state index in [2.05, 4.69) is 57.3 Å². The zero-order chi connectivity index (χ0) is 26.3. The van der Waals surface area contributed by atoms with Gasteiger partial charge in [0.2, 0.25) is 11.8 Å². The lowest BCUT2D eigenvalue weighted by atomic mass is 10.1. The molecule has 4 aromatic rings. The maximum atomic E-state index is 6.41. The summed E-state index contributed by atoms with van der Waals surface area (Å²) in [5, 5.41) is 1.98. The molecule has 0 saturated carbocycles. The molecule has 0 spiro atoms. The maximum Gasteiger partial charge on any atom is 0.214 e. The number of anilines is 3. The largest absolute Gasteiger partial charge is 0.495 e. The van der Waals surface area contributed by atoms with E-state index in [1.165, 1.54) is 11.3 Å². The average molecular weight is 530 g/mol. The van der Waals surface area contributed by atoms with Gasteiger partial charge in [0.25, 0.3) is 0 Å². The SMILES string of the molecule is CN=C(N)N(c1cc(CCCCN2CCN(c3ccccc3)CC2)ccc1OC)c1occ2ccccc12.O. The Morgan fingerprint density at radius 2 is 1.72 bits per heavy atom. The van der Waals surface area contributed by atoms with Gasteiger partial charge in [-0.1, -0.05) is 42.5 Å². The molecule has 5 rings (SSSR count). The number of para-hydroxylation sites is 1. The number of piperazine rings is 1. The van der Waals surface area contributed by atoms with Gasteiger partial charge in [-0.15, -0.1) is 0 Å². The fourth-order valence-electron chi connectivity index (χ4n) is 5.19. The Bertz CT molecular complexity index is 1360. The number of hydrogen-bond donors (Lipinski definition) is 1. The molecular formula is C31H39N5O3. The van der Waals surface area contributed by atoms with Gasteiger partial charge >= 0.3 is 0 Å². The standard InChI is InChI=1S/C31H37N5O2.H2O/c1-33-31(32)36(30-27-14-7-6-11-25(27)23-38-30)28-22-24(15-16-29(28)37-2)10-8-9-17-34-18-20-35(21-19-34)26-12-4-3-5-13-26;/h3-7,11-16,22-23H,8-10,17-21H2,1-2H3,(H2,32,33);1H2. The van der Waals surface area contributed by atoms with Crippen molar-refractivity contribution in [1.82, 2.24) is 4.90 Å². The van der Waals surface area contributed by atoms with Crippen LogP contribution in [0.4, 0.5) is 17.3 Å². The van der Waals surface area contributed by atoms with Crippen LogP contribution in [-0.4, -0.2) is 63.2 Å². The first-order valence-corrected chi connectivity index (χ1v) is 13.4. The van der Waals surface area contributed by atoms with Crippen molar-refractivity contribution in [2.45, 2.75) is 19.3 Å². The van der Waals surface area contributed by atoms with Crippen LogP contribution < -0.4 is 20.3 Å². The third-order valence-electron chi connectivity index (χ3n) is 7.32. The average Bonchev–Trinajstić information content (AvgIpc) is 3.40. The van der Waals surface area contributed by atoms with Crippen LogP contribution in [-0.2, 0) is 6.42 Å². The quantitative estimate of drug-likeness (QED) is 0.189. The second kappa shape index (κ2) is 13.2. The van der Waals surface area contributed by atoms with E-state index in [0.29, 0.717) is 11.8 Å². The van der Waals surface area contributed by atoms with Gasteiger partial charge in [0, 0.05) is 49.7 Å². The molecule has 1 fully saturated rings. The fraction of sp³-hybridized carbons (Fsp3) is 0.323. The topological polar surface area (TPSA) is 102 Å². The Labute approximate surface area is 230 Å². The molecule has 0 unspecified atom stereocenters. The Kier molecular flexibility index (Phi) is 9.46. The van der Waals surface area contributed by atoms with Crippen molar-refractivity contribution in [2.75, 3.05) is 56.7 Å². The lowest BCUT2D eigenvalue weighted by Crippen LogP contribution is -2.46. The van der Waals surface area contributed by atoms with Gasteiger partial charge in [-0.2, -0.15) is 0 Å². The minimum atomic E-state index is 0. The highest BCUT2D eigenvalue weighted by molar-refractivity contribution is 6.08. The third kappa shape index (κ3) is 6.35. The summed E-state index contributed by atoms with van der Waals surface area (Å²) in [5.74, 6) is 1.70. The molecule has 8 nitrogen and oxygen atoms in total. The Hall–Kier alpha value is -4.01. The van der Waals surface area contributed by atoms with Crippen LogP contribution in [0.25, 0.3) is 10.8 Å². The van der Waals surface area contributed by atoms with E-state index in [4.69, 9.17) is 14.9 Å². The van der Waals surface area contributed by atoms with Crippen molar-refractivity contribution in [3.05, 3.63) is 84.6 Å². The zero-order valence-electron chi connectivity index (χ0n) is 22.8. The molecular weight excluding hydrogens is 490 g/mol. The molecule has 206 valence electrons. The van der Waals surface area contributed by atoms with Gasteiger partial charge in [0.15, 0.2) is 0 Å². The van der Waals surface area contributed by atoms with E-state index in [1.807, 2.05) is 35.2 Å². The van der Waals surface area contributed by atoms with Crippen LogP contribution in [0.1, 0.15) is 18.4 Å². The van der Waals surface area contributed by atoms with Crippen molar-refractivity contribution in [1.29, 1.82) is 0 Å². The van der Waals surface area contributed by atoms with Crippen LogP contribution in [0, 0.1) is 0 Å². The second-order valence-electron chi connectivity index (χ2n) is 9.67. The Morgan fingerprint density at radius 1 is 0.974 bits per heavy atom. The number of aliphatic imine (C=N–C) groups is 1. The number of ether oxygens (including phenoxy) is 1. The molecule has 39 heavy (non-hydrogen) atoms. The summed E-state index contributed by atoms with van der Waals surface area (Å²) in [7, 11) is 3.36. The van der Waals surface area contributed by atoms with Crippen LogP contribution >= 0.6 is 0 Å². The first-order chi connectivity index (χ1) is 18.7. The summed E-state index contributed by atoms with van der Waals surface area (Å²) in [4.78, 5) is 11.2. The summed E-state index contributed by atoms with van der Waals surface area (Å²) >= 11 is 0. The predicted molar refractivity (Wildman–Crippen MR) is 161 cm³/mol. The molecule has 1 aliphatic heterocycles. The minimum Gasteiger partial charge on any atom is -0.495 e. The molecule has 1 aliphatic rings. The highest BCUT2D eigenvalue weighted by Crippen LogP contribution is 2.39. The molecule has 3 aromatic carbocycles. The molecule has 0 bridgehead atoms. The van der Waals surface area contributed by atoms with E-state index in [9.17, 15) is 0 Å². The number of benzene rings is 3. The van der Waals surface area contributed by atoms with Crippen LogP contribution in [0.5, 0.6) is 5.75 Å².